The van der Waals surface area contributed by atoms with Crippen LogP contribution in [0.25, 0.3) is 0 Å². The molecule has 0 radical (unpaired) electrons. The maximum Gasteiger partial charge on any atom is 0.263 e. The van der Waals surface area contributed by atoms with Crippen LogP contribution in [0.2, 0.25) is 0 Å². The molecule has 29 heavy (non-hydrogen) atoms. The molecule has 3 aliphatic heterocycles. The number of fused-ring (bicyclic) bond motifs is 4. The lowest BCUT2D eigenvalue weighted by Crippen LogP contribution is -2.41. The fraction of sp³-hybridized carbons (Fsp3) is 0.429. The van der Waals surface area contributed by atoms with E-state index >= 15 is 0 Å². The van der Waals surface area contributed by atoms with Gasteiger partial charge in [0.15, 0.2) is 0 Å². The van der Waals surface area contributed by atoms with Crippen molar-refractivity contribution in [3.8, 4) is 0 Å². The van der Waals surface area contributed by atoms with Gasteiger partial charge in [0.1, 0.15) is 11.4 Å². The molecule has 3 aliphatic rings. The summed E-state index contributed by atoms with van der Waals surface area (Å²) in [4.78, 5) is 41.0. The summed E-state index contributed by atoms with van der Waals surface area (Å²) in [7, 11) is 3.59. The molecule has 1 aromatic heterocycles. The second kappa shape index (κ2) is 6.72. The van der Waals surface area contributed by atoms with Crippen LogP contribution in [0.15, 0.2) is 24.4 Å². The highest BCUT2D eigenvalue weighted by atomic mass is 16.2. The van der Waals surface area contributed by atoms with E-state index in [1.54, 1.807) is 18.1 Å². The van der Waals surface area contributed by atoms with Gasteiger partial charge in [-0.25, -0.2) is 4.98 Å². The number of hydrogen-bond donors (Lipinski definition) is 1. The minimum absolute atomic E-state index is 0.0141. The van der Waals surface area contributed by atoms with Crippen molar-refractivity contribution < 1.29 is 9.59 Å². The van der Waals surface area contributed by atoms with E-state index in [2.05, 4.69) is 20.2 Å². The molecule has 1 saturated heterocycles. The predicted molar refractivity (Wildman–Crippen MR) is 111 cm³/mol. The van der Waals surface area contributed by atoms with E-state index in [0.717, 1.165) is 37.1 Å². The lowest BCUT2D eigenvalue weighted by molar-refractivity contribution is 0.0780. The Morgan fingerprint density at radius 1 is 1.14 bits per heavy atom. The number of nitrogens with one attached hydrogen (secondary N) is 1. The monoisotopic (exact) mass is 392 g/mol. The van der Waals surface area contributed by atoms with Crippen molar-refractivity contribution in [1.82, 2.24) is 14.9 Å². The van der Waals surface area contributed by atoms with Gasteiger partial charge in [0.2, 0.25) is 5.95 Å². The number of nitrogens with zero attached hydrogens (tertiary/aromatic N) is 5. The van der Waals surface area contributed by atoms with Crippen molar-refractivity contribution in [3.63, 3.8) is 0 Å². The number of carbonyl (C=O) groups excluding carboxylic acids is 2. The maximum absolute atomic E-state index is 13.6. The van der Waals surface area contributed by atoms with Gasteiger partial charge in [-0.15, -0.1) is 0 Å². The van der Waals surface area contributed by atoms with E-state index < -0.39 is 0 Å². The largest absolute Gasteiger partial charge is 0.357 e. The van der Waals surface area contributed by atoms with Gasteiger partial charge in [-0.1, -0.05) is 6.07 Å². The van der Waals surface area contributed by atoms with Crippen LogP contribution < -0.4 is 15.1 Å². The molecule has 8 nitrogen and oxygen atoms in total. The third-order valence-electron chi connectivity index (χ3n) is 6.23. The number of rotatable bonds is 2. The Hall–Kier alpha value is -3.16. The Labute approximate surface area is 169 Å². The van der Waals surface area contributed by atoms with Crippen LogP contribution in [0.4, 0.5) is 17.5 Å². The zero-order valence-corrected chi connectivity index (χ0v) is 16.7. The first-order valence-electron chi connectivity index (χ1n) is 10.1. The topological polar surface area (TPSA) is 81.7 Å². The molecule has 1 N–H and O–H groups in total. The molecule has 1 fully saturated rings. The Kier molecular flexibility index (Phi) is 4.15. The van der Waals surface area contributed by atoms with Crippen LogP contribution in [0.3, 0.4) is 0 Å². The van der Waals surface area contributed by atoms with Crippen LogP contribution in [0.5, 0.6) is 0 Å². The Balaban J connectivity index is 1.64. The number of amides is 2. The summed E-state index contributed by atoms with van der Waals surface area (Å²) in [6.07, 6.45) is 4.45. The number of benzene rings is 1. The second-order valence-electron chi connectivity index (χ2n) is 7.87. The van der Waals surface area contributed by atoms with E-state index in [1.807, 2.05) is 30.1 Å². The van der Waals surface area contributed by atoms with Crippen LogP contribution in [0, 0.1) is 0 Å². The summed E-state index contributed by atoms with van der Waals surface area (Å²) in [6, 6.07) is 5.90. The second-order valence-corrected chi connectivity index (χ2v) is 7.87. The number of likely N-dealkylation sites (N-methyl/N-ethyl adjacent to an activating group) is 1. The SMILES string of the molecule is CNc1ncc2c(n1)N1CCC[C@H]1CN(c1cccc3c1CCN(C)C3=O)C2=O. The molecule has 1 atom stereocenters. The summed E-state index contributed by atoms with van der Waals surface area (Å²) >= 11 is 0. The minimum Gasteiger partial charge on any atom is -0.357 e. The van der Waals surface area contributed by atoms with Gasteiger partial charge in [-0.3, -0.25) is 9.59 Å². The summed E-state index contributed by atoms with van der Waals surface area (Å²) in [6.45, 7) is 2.13. The van der Waals surface area contributed by atoms with E-state index in [9.17, 15) is 9.59 Å². The van der Waals surface area contributed by atoms with Gasteiger partial charge in [0.05, 0.1) is 0 Å². The minimum atomic E-state index is -0.100. The molecule has 4 heterocycles. The number of anilines is 3. The van der Waals surface area contributed by atoms with E-state index in [-0.39, 0.29) is 17.9 Å². The number of carbonyl (C=O) groups is 2. The summed E-state index contributed by atoms with van der Waals surface area (Å²) < 4.78 is 0. The summed E-state index contributed by atoms with van der Waals surface area (Å²) in [5, 5.41) is 2.97. The van der Waals surface area contributed by atoms with E-state index in [0.29, 0.717) is 36.0 Å². The first-order chi connectivity index (χ1) is 14.1. The molecule has 0 saturated carbocycles. The predicted octanol–water partition coefficient (Wildman–Crippen LogP) is 1.78. The fourth-order valence-corrected chi connectivity index (χ4v) is 4.69. The molecule has 2 aromatic rings. The standard InChI is InChI=1S/C21H24N6O2/c1-22-21-23-11-16-18(24-21)26-9-4-5-13(26)12-27(20(16)29)17-7-3-6-15-14(17)8-10-25(2)19(15)28/h3,6-7,11,13H,4-5,8-10,12H2,1-2H3,(H,22,23,24)/t13-/m0/s1. The van der Waals surface area contributed by atoms with Gasteiger partial charge in [-0.05, 0) is 37.0 Å². The quantitative estimate of drug-likeness (QED) is 0.839. The molecule has 5 rings (SSSR count). The first-order valence-corrected chi connectivity index (χ1v) is 10.1. The smallest absolute Gasteiger partial charge is 0.263 e. The van der Waals surface area contributed by atoms with Crippen LogP contribution in [0.1, 0.15) is 39.1 Å². The third-order valence-corrected chi connectivity index (χ3v) is 6.23. The average molecular weight is 392 g/mol. The fourth-order valence-electron chi connectivity index (χ4n) is 4.69. The van der Waals surface area contributed by atoms with Crippen LogP contribution in [-0.2, 0) is 6.42 Å². The Bertz CT molecular complexity index is 1010. The van der Waals surface area contributed by atoms with E-state index in [1.165, 1.54) is 0 Å². The molecule has 0 aliphatic carbocycles. The molecule has 150 valence electrons. The lowest BCUT2D eigenvalue weighted by atomic mass is 9.96. The van der Waals surface area contributed by atoms with Crippen molar-refractivity contribution in [1.29, 1.82) is 0 Å². The molecular formula is C21H24N6O2. The van der Waals surface area contributed by atoms with Crippen molar-refractivity contribution in [2.24, 2.45) is 0 Å². The van der Waals surface area contributed by atoms with Crippen molar-refractivity contribution >= 4 is 29.3 Å². The molecule has 2 amide bonds. The van der Waals surface area contributed by atoms with Crippen molar-refractivity contribution in [3.05, 3.63) is 41.1 Å². The summed E-state index contributed by atoms with van der Waals surface area (Å²) in [5.41, 5.74) is 3.01. The summed E-state index contributed by atoms with van der Waals surface area (Å²) in [5.74, 6) is 1.14. The zero-order valence-electron chi connectivity index (χ0n) is 16.7. The first kappa shape index (κ1) is 17.9. The van der Waals surface area contributed by atoms with Gasteiger partial charge in [-0.2, -0.15) is 4.98 Å². The normalized spacial score (nSPS) is 20.9. The highest BCUT2D eigenvalue weighted by Gasteiger charge is 2.38. The molecular weight excluding hydrogens is 368 g/mol. The Morgan fingerprint density at radius 3 is 2.83 bits per heavy atom. The van der Waals surface area contributed by atoms with Gasteiger partial charge >= 0.3 is 0 Å². The zero-order chi connectivity index (χ0) is 20.1. The third kappa shape index (κ3) is 2.73. The molecule has 0 unspecified atom stereocenters. The maximum atomic E-state index is 13.6. The van der Waals surface area contributed by atoms with Gasteiger partial charge in [0.25, 0.3) is 11.8 Å². The Morgan fingerprint density at radius 2 is 2.00 bits per heavy atom. The molecule has 0 spiro atoms. The molecule has 1 aromatic carbocycles. The van der Waals surface area contributed by atoms with Gasteiger partial charge in [0, 0.05) is 57.2 Å². The highest BCUT2D eigenvalue weighted by molar-refractivity contribution is 6.11. The average Bonchev–Trinajstić information content (AvgIpc) is 3.17. The molecule has 0 bridgehead atoms. The highest BCUT2D eigenvalue weighted by Crippen LogP contribution is 2.36. The lowest BCUT2D eigenvalue weighted by Gasteiger charge is -2.31. The number of aromatic nitrogens is 2. The van der Waals surface area contributed by atoms with Crippen LogP contribution in [-0.4, -0.2) is 66.5 Å². The molecule has 8 heteroatoms. The number of hydrogen-bond acceptors (Lipinski definition) is 6. The van der Waals surface area contributed by atoms with Crippen LogP contribution >= 0.6 is 0 Å². The van der Waals surface area contributed by atoms with Gasteiger partial charge < -0.3 is 20.0 Å². The van der Waals surface area contributed by atoms with Crippen molar-refractivity contribution in [2.75, 3.05) is 48.8 Å². The van der Waals surface area contributed by atoms with Crippen molar-refractivity contribution in [2.45, 2.75) is 25.3 Å². The van der Waals surface area contributed by atoms with E-state index in [4.69, 9.17) is 0 Å².